The van der Waals surface area contributed by atoms with Crippen molar-refractivity contribution < 1.29 is 20.9 Å². The lowest BCUT2D eigenvalue weighted by Crippen LogP contribution is -1.88. The van der Waals surface area contributed by atoms with Crippen LogP contribution >= 0.6 is 97.9 Å². The number of alkyl halides is 1. The predicted octanol–water partition coefficient (Wildman–Crippen LogP) is 7.79. The van der Waals surface area contributed by atoms with Crippen molar-refractivity contribution in [2.24, 2.45) is 0 Å². The molecule has 0 saturated carbocycles. The third-order valence-corrected chi connectivity index (χ3v) is 3.51. The third-order valence-electron chi connectivity index (χ3n) is 2.61. The van der Waals surface area contributed by atoms with Gasteiger partial charge in [0, 0.05) is 23.4 Å². The first-order valence-corrected chi connectivity index (χ1v) is 17.8. The van der Waals surface area contributed by atoms with Gasteiger partial charge in [0.25, 0.3) is 0 Å². The Bertz CT molecular complexity index is 588. The number of hydrogen-bond donors (Lipinski definition) is 2. The fourth-order valence-electron chi connectivity index (χ4n) is 1.54. The van der Waals surface area contributed by atoms with Crippen LogP contribution in [0.25, 0.3) is 0 Å². The number of aliphatic hydroxyl groups is 1. The van der Waals surface area contributed by atoms with E-state index in [1.165, 1.54) is 5.56 Å². The van der Waals surface area contributed by atoms with Gasteiger partial charge in [-0.25, -0.2) is 0 Å². The maximum atomic E-state index is 8.59. The predicted molar refractivity (Wildman–Crippen MR) is 137 cm³/mol. The van der Waals surface area contributed by atoms with Crippen molar-refractivity contribution >= 4 is 97.9 Å². The molecule has 0 aliphatic rings. The van der Waals surface area contributed by atoms with Crippen LogP contribution in [0.15, 0.2) is 48.5 Å². The second-order valence-corrected chi connectivity index (χ2v) is 22.1. The van der Waals surface area contributed by atoms with Gasteiger partial charge >= 0.3 is 8.25 Å². The minimum atomic E-state index is -3.12. The van der Waals surface area contributed by atoms with Crippen LogP contribution in [0.5, 0.6) is 0 Å². The average Bonchev–Trinajstić information content (AvgIpc) is 2.59. The Morgan fingerprint density at radius 2 is 1.21 bits per heavy atom. The van der Waals surface area contributed by atoms with Gasteiger partial charge in [-0.2, -0.15) is 4.89 Å². The molecule has 0 aliphatic carbocycles. The second kappa shape index (κ2) is 21.6. The highest BCUT2D eigenvalue weighted by Crippen LogP contribution is 2.59. The summed E-state index contributed by atoms with van der Waals surface area (Å²) in [7, 11) is -3.12. The highest BCUT2D eigenvalue weighted by molar-refractivity contribution is 9.93. The molecule has 0 aliphatic heterocycles. The molecule has 28 heavy (non-hydrogen) atoms. The van der Waals surface area contributed by atoms with Gasteiger partial charge in [0.2, 0.25) is 0 Å². The first-order valence-electron chi connectivity index (χ1n) is 7.38. The summed E-state index contributed by atoms with van der Waals surface area (Å²) in [5.41, 5.74) is 2.44. The van der Waals surface area contributed by atoms with Crippen LogP contribution in [0.3, 0.4) is 0 Å². The smallest absolute Gasteiger partial charge is 0.485 e. The molecule has 2 aromatic carbocycles. The van der Waals surface area contributed by atoms with Gasteiger partial charge in [0.05, 0.1) is 0 Å². The van der Waals surface area contributed by atoms with E-state index in [2.05, 4.69) is 62.4 Å². The van der Waals surface area contributed by atoms with Crippen molar-refractivity contribution in [1.29, 1.82) is 0 Å². The van der Waals surface area contributed by atoms with Crippen LogP contribution in [0, 0.1) is 0 Å². The summed E-state index contributed by atoms with van der Waals surface area (Å²) in [6, 6.07) is 15.4. The number of hydrogen-bond acceptors (Lipinski definition) is 3. The Morgan fingerprint density at radius 3 is 1.46 bits per heavy atom. The zero-order valence-corrected chi connectivity index (χ0v) is 24.0. The quantitative estimate of drug-likeness (QED) is 0.249. The summed E-state index contributed by atoms with van der Waals surface area (Å²) in [5, 5.41) is 11.1. The molecule has 0 amide bonds. The van der Waals surface area contributed by atoms with E-state index in [1.807, 2.05) is 48.5 Å². The summed E-state index contributed by atoms with van der Waals surface area (Å²) in [4.78, 5) is 15.6. The second-order valence-electron chi connectivity index (χ2n) is 4.60. The summed E-state index contributed by atoms with van der Waals surface area (Å²) < 4.78 is 8.41. The molecule has 0 aromatic heterocycles. The van der Waals surface area contributed by atoms with Crippen molar-refractivity contribution in [2.45, 2.75) is 12.8 Å². The summed E-state index contributed by atoms with van der Waals surface area (Å²) in [5.74, 6) is 0. The molecule has 12 heteroatoms. The zero-order chi connectivity index (χ0) is 21.9. The van der Waals surface area contributed by atoms with Gasteiger partial charge in [0.1, 0.15) is 4.03 Å². The number of rotatable bonds is 4. The van der Waals surface area contributed by atoms with E-state index in [4.69, 9.17) is 42.7 Å². The van der Waals surface area contributed by atoms with E-state index in [1.54, 1.807) is 0 Å². The highest BCUT2D eigenvalue weighted by atomic mass is 80.0. The molecule has 0 spiro atoms. The number of halogens is 6. The number of benzene rings is 2. The van der Waals surface area contributed by atoms with Crippen molar-refractivity contribution in [3.63, 3.8) is 0 Å². The summed E-state index contributed by atoms with van der Waals surface area (Å²) in [6.45, 7) is 0.196. The molecular weight excluding hydrogens is 709 g/mol. The monoisotopic (exact) mass is 724 g/mol. The molecule has 2 aromatic rings. The molecule has 0 heterocycles. The third kappa shape index (κ3) is 25.4. The first-order chi connectivity index (χ1) is 13.1. The van der Waals surface area contributed by atoms with E-state index in [9.17, 15) is 0 Å². The van der Waals surface area contributed by atoms with Crippen molar-refractivity contribution in [3.8, 4) is 0 Å². The molecule has 0 saturated heterocycles. The van der Waals surface area contributed by atoms with Gasteiger partial charge in [-0.15, -0.1) is 0 Å². The topological polar surface area (TPSA) is 80.6 Å². The van der Waals surface area contributed by atoms with E-state index in [-0.39, 0.29) is 12.1 Å². The van der Waals surface area contributed by atoms with Crippen LogP contribution in [0.4, 0.5) is 0 Å². The lowest BCUT2D eigenvalue weighted by atomic mass is 10.2. The molecule has 2 rings (SSSR count). The fraction of sp³-hybridized carbons (Fsp3) is 0.250. The van der Waals surface area contributed by atoms with Crippen molar-refractivity contribution in [2.75, 3.05) is 11.9 Å². The highest BCUT2D eigenvalue weighted by Gasteiger charge is 1.90. The van der Waals surface area contributed by atoms with Gasteiger partial charge in [-0.3, -0.25) is 0 Å². The maximum absolute atomic E-state index is 8.59. The molecular formula is C16H20Br4Cl2O4P2. The van der Waals surface area contributed by atoms with Crippen molar-refractivity contribution in [3.05, 3.63) is 69.7 Å². The molecule has 0 bridgehead atoms. The minimum Gasteiger partial charge on any atom is -0.567 e. The molecule has 4 nitrogen and oxygen atoms in total. The Hall–Kier alpha value is 1.35. The van der Waals surface area contributed by atoms with Crippen LogP contribution < -0.4 is 4.89 Å². The normalized spacial score (nSPS) is 9.86. The summed E-state index contributed by atoms with van der Waals surface area (Å²) in [6.07, 6.45) is 1.77. The van der Waals surface area contributed by atoms with Crippen molar-refractivity contribution in [1.82, 2.24) is 0 Å². The standard InChI is InChI=1S/C8H8BrCl.C8H9ClO.Br3P.HO3P.H2/c9-6-5-7-1-3-8(10)4-2-7;9-8-3-1-7(2-4-8)5-6-10;2*1-4(2)3;/h1-4H,5-6H2;1-4,10H,5-6H2;;(H,1,2,3);1H. The Kier molecular flexibility index (Phi) is 24.3. The van der Waals surface area contributed by atoms with Gasteiger partial charge in [-0.1, -0.05) is 63.4 Å². The van der Waals surface area contributed by atoms with E-state index in [0.717, 1.165) is 27.4 Å². The number of aryl methyl sites for hydroxylation is 1. The molecule has 160 valence electrons. The molecule has 0 fully saturated rings. The maximum Gasteiger partial charge on any atom is 0.485 e. The SMILES string of the molecule is BrP(Br)Br.Clc1ccc(CCBr)cc1.O=[P+]([O-])O.OCCc1ccc(Cl)cc1.[HH]. The largest absolute Gasteiger partial charge is 0.567 e. The fourth-order valence-corrected chi connectivity index (χ4v) is 2.25. The lowest BCUT2D eigenvalue weighted by molar-refractivity contribution is -0.180. The van der Waals surface area contributed by atoms with Gasteiger partial charge in [-0.05, 0) is 99.3 Å². The van der Waals surface area contributed by atoms with Gasteiger partial charge < -0.3 is 10.00 Å². The molecule has 1 atom stereocenters. The molecule has 1 unspecified atom stereocenters. The molecule has 0 radical (unpaired) electrons. The van der Waals surface area contributed by atoms with Crippen LogP contribution in [-0.2, 0) is 17.4 Å². The average molecular weight is 729 g/mol. The van der Waals surface area contributed by atoms with E-state index in [0.29, 0.717) is 6.42 Å². The molecule has 2 N–H and O–H groups in total. The lowest BCUT2D eigenvalue weighted by Gasteiger charge is -1.95. The van der Waals surface area contributed by atoms with E-state index < -0.39 is 8.25 Å². The van der Waals surface area contributed by atoms with Crippen LogP contribution in [-0.4, -0.2) is 21.9 Å². The summed E-state index contributed by atoms with van der Waals surface area (Å²) >= 11 is 24.2. The van der Waals surface area contributed by atoms with Gasteiger partial charge in [0.15, 0.2) is 0 Å². The Labute approximate surface area is 211 Å². The van der Waals surface area contributed by atoms with Crippen LogP contribution in [0.2, 0.25) is 10.0 Å². The van der Waals surface area contributed by atoms with E-state index >= 15 is 0 Å². The number of aliphatic hydroxyl groups excluding tert-OH is 1. The Balaban J connectivity index is -0.000000336. The first kappa shape index (κ1) is 31.5. The van der Waals surface area contributed by atoms with Crippen LogP contribution in [0.1, 0.15) is 12.6 Å². The zero-order valence-electron chi connectivity index (χ0n) is 14.3. The minimum absolute atomic E-state index is 0. The Morgan fingerprint density at radius 1 is 0.929 bits per heavy atom.